The lowest BCUT2D eigenvalue weighted by Crippen LogP contribution is -2.48. The van der Waals surface area contributed by atoms with E-state index in [0.717, 1.165) is 0 Å². The molecule has 0 atom stereocenters. The van der Waals surface area contributed by atoms with Crippen LogP contribution >= 0.6 is 0 Å². The van der Waals surface area contributed by atoms with Crippen LogP contribution in [0.25, 0.3) is 11.1 Å². The number of hydrogen-bond donors (Lipinski definition) is 2. The average Bonchev–Trinajstić information content (AvgIpc) is 2.84. The molecular formula is C26H28N2O6. The topological polar surface area (TPSA) is 103 Å². The molecule has 0 saturated heterocycles. The normalized spacial score (nSPS) is 13.7. The van der Waals surface area contributed by atoms with Crippen molar-refractivity contribution in [3.63, 3.8) is 0 Å². The van der Waals surface area contributed by atoms with Gasteiger partial charge in [0.25, 0.3) is 0 Å². The summed E-state index contributed by atoms with van der Waals surface area (Å²) in [6.07, 6.45) is 0. The molecule has 0 fully saturated rings. The molecule has 4 rings (SSSR count). The molecule has 3 aromatic rings. The van der Waals surface area contributed by atoms with E-state index in [1.165, 1.54) is 14.2 Å². The van der Waals surface area contributed by atoms with Gasteiger partial charge in [-0.3, -0.25) is 4.79 Å². The molecule has 0 spiro atoms. The van der Waals surface area contributed by atoms with Gasteiger partial charge < -0.3 is 24.8 Å². The van der Waals surface area contributed by atoms with Crippen LogP contribution in [0, 0.1) is 0 Å². The maximum Gasteiger partial charge on any atom is 0.343 e. The molecule has 0 radical (unpaired) electrons. The summed E-state index contributed by atoms with van der Waals surface area (Å²) in [6, 6.07) is 17.0. The van der Waals surface area contributed by atoms with E-state index < -0.39 is 17.5 Å². The van der Waals surface area contributed by atoms with Gasteiger partial charge in [-0.2, -0.15) is 0 Å². The van der Waals surface area contributed by atoms with Crippen LogP contribution in [0.15, 0.2) is 60.7 Å². The summed E-state index contributed by atoms with van der Waals surface area (Å²) in [5.41, 5.74) is 1.73. The largest absolute Gasteiger partial charge is 0.496 e. The van der Waals surface area contributed by atoms with Crippen LogP contribution < -0.4 is 20.1 Å². The SMILES string of the molecule is COC(=O)c1c(-c2ccc(OC(=O)c3ccccc3)cc2OC)ccc2c1NC(=O)C(C)(C)N2.[HH].[HH]. The third-order valence-corrected chi connectivity index (χ3v) is 5.53. The molecule has 8 nitrogen and oxygen atoms in total. The molecule has 0 aromatic heterocycles. The van der Waals surface area contributed by atoms with E-state index in [9.17, 15) is 14.4 Å². The predicted molar refractivity (Wildman–Crippen MR) is 132 cm³/mol. The molecule has 0 bridgehead atoms. The second kappa shape index (κ2) is 8.90. The highest BCUT2D eigenvalue weighted by Gasteiger charge is 2.36. The molecule has 0 aliphatic carbocycles. The zero-order valence-corrected chi connectivity index (χ0v) is 19.2. The zero-order valence-electron chi connectivity index (χ0n) is 19.2. The van der Waals surface area contributed by atoms with Crippen LogP contribution in [-0.2, 0) is 9.53 Å². The minimum Gasteiger partial charge on any atom is -0.496 e. The van der Waals surface area contributed by atoms with Gasteiger partial charge in [-0.1, -0.05) is 24.3 Å². The lowest BCUT2D eigenvalue weighted by molar-refractivity contribution is -0.119. The van der Waals surface area contributed by atoms with Crippen molar-refractivity contribution in [2.45, 2.75) is 19.4 Å². The minimum absolute atomic E-state index is 0. The maximum atomic E-state index is 12.8. The number of amides is 1. The van der Waals surface area contributed by atoms with Crippen LogP contribution in [0.5, 0.6) is 11.5 Å². The number of carbonyl (C=O) groups excluding carboxylic acids is 3. The van der Waals surface area contributed by atoms with Crippen molar-refractivity contribution in [2.75, 3.05) is 24.9 Å². The summed E-state index contributed by atoms with van der Waals surface area (Å²) >= 11 is 0. The second-order valence-electron chi connectivity index (χ2n) is 8.22. The van der Waals surface area contributed by atoms with E-state index in [4.69, 9.17) is 14.2 Å². The Labute approximate surface area is 199 Å². The number of nitrogens with one attached hydrogen (secondary N) is 2. The molecule has 3 aromatic carbocycles. The number of anilines is 2. The monoisotopic (exact) mass is 464 g/mol. The molecule has 2 N–H and O–H groups in total. The third-order valence-electron chi connectivity index (χ3n) is 5.53. The van der Waals surface area contributed by atoms with E-state index in [1.807, 2.05) is 6.07 Å². The van der Waals surface area contributed by atoms with Crippen LogP contribution in [0.3, 0.4) is 0 Å². The first kappa shape index (κ1) is 22.8. The van der Waals surface area contributed by atoms with E-state index in [0.29, 0.717) is 33.8 Å². The van der Waals surface area contributed by atoms with Crippen molar-refractivity contribution in [1.29, 1.82) is 0 Å². The van der Waals surface area contributed by atoms with Crippen molar-refractivity contribution < 1.29 is 31.4 Å². The second-order valence-corrected chi connectivity index (χ2v) is 8.22. The molecule has 8 heteroatoms. The van der Waals surface area contributed by atoms with Gasteiger partial charge in [0.05, 0.1) is 36.7 Å². The third kappa shape index (κ3) is 4.17. The van der Waals surface area contributed by atoms with E-state index >= 15 is 0 Å². The van der Waals surface area contributed by atoms with Crippen molar-refractivity contribution in [1.82, 2.24) is 0 Å². The van der Waals surface area contributed by atoms with Crippen LogP contribution in [0.4, 0.5) is 11.4 Å². The summed E-state index contributed by atoms with van der Waals surface area (Å²) in [5, 5.41) is 5.98. The van der Waals surface area contributed by atoms with Crippen molar-refractivity contribution in [2.24, 2.45) is 0 Å². The van der Waals surface area contributed by atoms with Crippen LogP contribution in [0.2, 0.25) is 0 Å². The van der Waals surface area contributed by atoms with Crippen molar-refractivity contribution in [3.05, 3.63) is 71.8 Å². The molecule has 1 heterocycles. The fourth-order valence-electron chi connectivity index (χ4n) is 3.74. The lowest BCUT2D eigenvalue weighted by Gasteiger charge is -2.34. The van der Waals surface area contributed by atoms with Gasteiger partial charge in [0.2, 0.25) is 5.91 Å². The first-order valence-corrected chi connectivity index (χ1v) is 10.6. The van der Waals surface area contributed by atoms with Gasteiger partial charge in [-0.25, -0.2) is 9.59 Å². The summed E-state index contributed by atoms with van der Waals surface area (Å²) in [4.78, 5) is 37.8. The highest BCUT2D eigenvalue weighted by atomic mass is 16.5. The van der Waals surface area contributed by atoms with Gasteiger partial charge >= 0.3 is 11.9 Å². The van der Waals surface area contributed by atoms with Gasteiger partial charge in [0.15, 0.2) is 0 Å². The van der Waals surface area contributed by atoms with Gasteiger partial charge in [-0.15, -0.1) is 0 Å². The Bertz CT molecular complexity index is 1300. The quantitative estimate of drug-likeness (QED) is 0.404. The Kier molecular flexibility index (Phi) is 5.98. The van der Waals surface area contributed by atoms with E-state index in [2.05, 4.69) is 10.6 Å². The van der Waals surface area contributed by atoms with Gasteiger partial charge in [-0.05, 0) is 44.2 Å². The molecule has 1 amide bonds. The maximum absolute atomic E-state index is 12.8. The number of benzene rings is 3. The highest BCUT2D eigenvalue weighted by Crippen LogP contribution is 2.43. The lowest BCUT2D eigenvalue weighted by atomic mass is 9.92. The molecule has 1 aliphatic rings. The molecule has 0 unspecified atom stereocenters. The first-order valence-electron chi connectivity index (χ1n) is 10.6. The van der Waals surface area contributed by atoms with E-state index in [-0.39, 0.29) is 20.1 Å². The van der Waals surface area contributed by atoms with Crippen LogP contribution in [-0.4, -0.2) is 37.6 Å². The summed E-state index contributed by atoms with van der Waals surface area (Å²) < 4.78 is 16.1. The van der Waals surface area contributed by atoms with E-state index in [1.54, 1.807) is 68.4 Å². The number of fused-ring (bicyclic) bond motifs is 1. The Hall–Kier alpha value is -4.33. The molecule has 1 aliphatic heterocycles. The Morgan fingerprint density at radius 3 is 2.29 bits per heavy atom. The van der Waals surface area contributed by atoms with Gasteiger partial charge in [0.1, 0.15) is 17.0 Å². The molecule has 178 valence electrons. The van der Waals surface area contributed by atoms with Crippen molar-refractivity contribution >= 4 is 29.2 Å². The minimum atomic E-state index is -0.843. The van der Waals surface area contributed by atoms with Crippen LogP contribution in [0.1, 0.15) is 37.4 Å². The van der Waals surface area contributed by atoms with Crippen molar-refractivity contribution in [3.8, 4) is 22.6 Å². The Morgan fingerprint density at radius 1 is 0.912 bits per heavy atom. The smallest absolute Gasteiger partial charge is 0.343 e. The predicted octanol–water partition coefficient (Wildman–Crippen LogP) is 5.00. The summed E-state index contributed by atoms with van der Waals surface area (Å²) in [5.74, 6) is -0.744. The summed E-state index contributed by atoms with van der Waals surface area (Å²) in [6.45, 7) is 3.49. The Morgan fingerprint density at radius 2 is 1.62 bits per heavy atom. The fourth-order valence-corrected chi connectivity index (χ4v) is 3.74. The number of esters is 2. The molecular weight excluding hydrogens is 436 g/mol. The standard InChI is InChI=1S/C26H24N2O6.2H2/c1-26(2)25(31)27-22-19(28-26)13-12-18(21(22)24(30)33-4)17-11-10-16(14-20(17)32-3)34-23(29)15-8-6-5-7-9-15;;/h5-14,28H,1-4H3,(H,27,31);2*1H. The number of methoxy groups -OCH3 is 2. The molecule has 0 saturated carbocycles. The molecule has 34 heavy (non-hydrogen) atoms. The fraction of sp³-hybridized carbons (Fsp3) is 0.192. The average molecular weight is 465 g/mol. The zero-order chi connectivity index (χ0) is 24.5. The highest BCUT2D eigenvalue weighted by molar-refractivity contribution is 6.14. The number of carbonyl (C=O) groups is 3. The first-order chi connectivity index (χ1) is 16.2. The van der Waals surface area contributed by atoms with Gasteiger partial charge in [0, 0.05) is 20.0 Å². The number of rotatable bonds is 5. The Balaban J connectivity index is 0.00000228. The number of ether oxygens (including phenoxy) is 3. The number of hydrogen-bond acceptors (Lipinski definition) is 7. The summed E-state index contributed by atoms with van der Waals surface area (Å²) in [7, 11) is 2.75.